The smallest absolute Gasteiger partial charge is 0.315 e. The summed E-state index contributed by atoms with van der Waals surface area (Å²) in [6.45, 7) is 4.68. The first-order chi connectivity index (χ1) is 10.7. The highest BCUT2D eigenvalue weighted by Crippen LogP contribution is 2.19. The second-order valence-corrected chi connectivity index (χ2v) is 6.09. The molecule has 0 spiro atoms. The van der Waals surface area contributed by atoms with Crippen LogP contribution in [0, 0.1) is 5.92 Å². The Bertz CT molecular complexity index is 452. The number of nitrogens with zero attached hydrogens (tertiary/aromatic N) is 1. The van der Waals surface area contributed by atoms with Crippen molar-refractivity contribution in [3.05, 3.63) is 30.3 Å². The first-order valence-electron chi connectivity index (χ1n) is 8.14. The molecule has 1 aliphatic rings. The predicted molar refractivity (Wildman–Crippen MR) is 89.1 cm³/mol. The zero-order chi connectivity index (χ0) is 15.8. The molecule has 122 valence electrons. The van der Waals surface area contributed by atoms with Crippen molar-refractivity contribution in [3.63, 3.8) is 0 Å². The summed E-state index contributed by atoms with van der Waals surface area (Å²) in [4.78, 5) is 14.3. The van der Waals surface area contributed by atoms with E-state index in [4.69, 9.17) is 5.11 Å². The van der Waals surface area contributed by atoms with E-state index in [0.717, 1.165) is 25.9 Å². The van der Waals surface area contributed by atoms with Crippen LogP contribution >= 0.6 is 0 Å². The third kappa shape index (κ3) is 5.22. The second kappa shape index (κ2) is 8.63. The number of amides is 2. The maximum absolute atomic E-state index is 12.0. The molecular formula is C17H27N3O2. The first-order valence-corrected chi connectivity index (χ1v) is 8.14. The average Bonchev–Trinajstić information content (AvgIpc) is 2.54. The van der Waals surface area contributed by atoms with Crippen LogP contribution in [-0.2, 0) is 0 Å². The molecular weight excluding hydrogens is 278 g/mol. The first kappa shape index (κ1) is 16.6. The molecule has 1 fully saturated rings. The Labute approximate surface area is 132 Å². The summed E-state index contributed by atoms with van der Waals surface area (Å²) < 4.78 is 0. The van der Waals surface area contributed by atoms with E-state index in [-0.39, 0.29) is 18.7 Å². The van der Waals surface area contributed by atoms with Crippen molar-refractivity contribution in [2.45, 2.75) is 32.2 Å². The number of nitrogens with one attached hydrogen (secondary N) is 2. The van der Waals surface area contributed by atoms with Gasteiger partial charge in [0, 0.05) is 38.0 Å². The van der Waals surface area contributed by atoms with E-state index in [2.05, 4.69) is 27.7 Å². The van der Waals surface area contributed by atoms with Crippen molar-refractivity contribution in [1.82, 2.24) is 10.6 Å². The number of para-hydroxylation sites is 1. The van der Waals surface area contributed by atoms with E-state index in [1.165, 1.54) is 5.69 Å². The van der Waals surface area contributed by atoms with E-state index >= 15 is 0 Å². The normalized spacial score (nSPS) is 19.5. The monoisotopic (exact) mass is 305 g/mol. The van der Waals surface area contributed by atoms with Crippen LogP contribution in [-0.4, -0.2) is 43.4 Å². The lowest BCUT2D eigenvalue weighted by atomic mass is 10.0. The summed E-state index contributed by atoms with van der Waals surface area (Å²) in [6.07, 6.45) is 2.81. The van der Waals surface area contributed by atoms with Crippen molar-refractivity contribution >= 4 is 11.7 Å². The second-order valence-electron chi connectivity index (χ2n) is 6.09. The van der Waals surface area contributed by atoms with Crippen LogP contribution in [0.3, 0.4) is 0 Å². The number of aliphatic hydroxyl groups excluding tert-OH is 1. The molecule has 1 saturated heterocycles. The minimum Gasteiger partial charge on any atom is -0.396 e. The van der Waals surface area contributed by atoms with E-state index < -0.39 is 0 Å². The van der Waals surface area contributed by atoms with Crippen LogP contribution in [0.2, 0.25) is 0 Å². The molecule has 0 saturated carbocycles. The third-order valence-electron chi connectivity index (χ3n) is 4.11. The van der Waals surface area contributed by atoms with Crippen LogP contribution in [0.15, 0.2) is 30.3 Å². The Morgan fingerprint density at radius 3 is 2.91 bits per heavy atom. The Kier molecular flexibility index (Phi) is 6.52. The number of hydrogen-bond donors (Lipinski definition) is 3. The van der Waals surface area contributed by atoms with Gasteiger partial charge in [0.1, 0.15) is 0 Å². The predicted octanol–water partition coefficient (Wildman–Crippen LogP) is 1.97. The third-order valence-corrected chi connectivity index (χ3v) is 4.11. The molecule has 2 amide bonds. The number of urea groups is 1. The lowest BCUT2D eigenvalue weighted by molar-refractivity contribution is 0.229. The molecule has 5 heteroatoms. The number of carbonyl (C=O) groups is 1. The standard InChI is InChI=1S/C17H27N3O2/c1-14(9-11-21)12-18-17(22)19-15-6-5-10-20(13-15)16-7-3-2-4-8-16/h2-4,7-8,14-15,21H,5-6,9-13H2,1H3,(H2,18,19,22). The fraction of sp³-hybridized carbons (Fsp3) is 0.588. The Morgan fingerprint density at radius 2 is 2.18 bits per heavy atom. The van der Waals surface area contributed by atoms with Gasteiger partial charge in [-0.1, -0.05) is 25.1 Å². The quantitative estimate of drug-likeness (QED) is 0.753. The molecule has 1 aromatic rings. The molecule has 0 bridgehead atoms. The molecule has 5 nitrogen and oxygen atoms in total. The zero-order valence-electron chi connectivity index (χ0n) is 13.3. The van der Waals surface area contributed by atoms with Gasteiger partial charge < -0.3 is 20.6 Å². The highest BCUT2D eigenvalue weighted by molar-refractivity contribution is 5.74. The summed E-state index contributed by atoms with van der Waals surface area (Å²) in [5, 5.41) is 14.8. The molecule has 0 aliphatic carbocycles. The fourth-order valence-electron chi connectivity index (χ4n) is 2.79. The van der Waals surface area contributed by atoms with Crippen molar-refractivity contribution < 1.29 is 9.90 Å². The van der Waals surface area contributed by atoms with E-state index in [1.54, 1.807) is 0 Å². The van der Waals surface area contributed by atoms with Crippen molar-refractivity contribution in [1.29, 1.82) is 0 Å². The van der Waals surface area contributed by atoms with Crippen molar-refractivity contribution in [2.75, 3.05) is 31.1 Å². The van der Waals surface area contributed by atoms with Crippen LogP contribution < -0.4 is 15.5 Å². The van der Waals surface area contributed by atoms with Gasteiger partial charge in [-0.15, -0.1) is 0 Å². The van der Waals surface area contributed by atoms with Gasteiger partial charge in [-0.2, -0.15) is 0 Å². The van der Waals surface area contributed by atoms with Crippen LogP contribution in [0.25, 0.3) is 0 Å². The van der Waals surface area contributed by atoms with Gasteiger partial charge in [0.2, 0.25) is 0 Å². The molecule has 0 radical (unpaired) electrons. The summed E-state index contributed by atoms with van der Waals surface area (Å²) in [6, 6.07) is 10.4. The molecule has 1 aliphatic heterocycles. The summed E-state index contributed by atoms with van der Waals surface area (Å²) in [5.41, 5.74) is 1.21. The number of aliphatic hydroxyl groups is 1. The van der Waals surface area contributed by atoms with Gasteiger partial charge in [0.25, 0.3) is 0 Å². The van der Waals surface area contributed by atoms with E-state index in [1.807, 2.05) is 25.1 Å². The summed E-state index contributed by atoms with van der Waals surface area (Å²) >= 11 is 0. The van der Waals surface area contributed by atoms with Gasteiger partial charge in [-0.25, -0.2) is 4.79 Å². The van der Waals surface area contributed by atoms with Gasteiger partial charge in [-0.05, 0) is 37.3 Å². The van der Waals surface area contributed by atoms with E-state index in [0.29, 0.717) is 18.9 Å². The number of piperidine rings is 1. The lowest BCUT2D eigenvalue weighted by Crippen LogP contribution is -2.51. The summed E-state index contributed by atoms with van der Waals surface area (Å²) in [5.74, 6) is 0.294. The number of hydrogen-bond acceptors (Lipinski definition) is 3. The van der Waals surface area contributed by atoms with Gasteiger partial charge in [0.15, 0.2) is 0 Å². The van der Waals surface area contributed by atoms with Gasteiger partial charge >= 0.3 is 6.03 Å². The number of carbonyl (C=O) groups excluding carboxylic acids is 1. The van der Waals surface area contributed by atoms with Crippen LogP contribution in [0.1, 0.15) is 26.2 Å². The SMILES string of the molecule is CC(CCO)CNC(=O)NC1CCCN(c2ccccc2)C1. The molecule has 0 aromatic heterocycles. The number of anilines is 1. The molecule has 2 atom stereocenters. The van der Waals surface area contributed by atoms with Crippen molar-refractivity contribution in [3.8, 4) is 0 Å². The molecule has 22 heavy (non-hydrogen) atoms. The molecule has 2 rings (SSSR count). The minimum atomic E-state index is -0.107. The van der Waals surface area contributed by atoms with Gasteiger partial charge in [0.05, 0.1) is 0 Å². The van der Waals surface area contributed by atoms with Gasteiger partial charge in [-0.3, -0.25) is 0 Å². The minimum absolute atomic E-state index is 0.107. The Morgan fingerprint density at radius 1 is 1.41 bits per heavy atom. The molecule has 3 N–H and O–H groups in total. The van der Waals surface area contributed by atoms with Crippen molar-refractivity contribution in [2.24, 2.45) is 5.92 Å². The highest BCUT2D eigenvalue weighted by atomic mass is 16.3. The fourth-order valence-corrected chi connectivity index (χ4v) is 2.79. The maximum Gasteiger partial charge on any atom is 0.315 e. The Balaban J connectivity index is 1.77. The maximum atomic E-state index is 12.0. The topological polar surface area (TPSA) is 64.6 Å². The lowest BCUT2D eigenvalue weighted by Gasteiger charge is -2.34. The van der Waals surface area contributed by atoms with E-state index in [9.17, 15) is 4.79 Å². The van der Waals surface area contributed by atoms with Crippen LogP contribution in [0.4, 0.5) is 10.5 Å². The number of benzene rings is 1. The molecule has 1 aromatic carbocycles. The van der Waals surface area contributed by atoms with Crippen LogP contribution in [0.5, 0.6) is 0 Å². The Hall–Kier alpha value is -1.75. The molecule has 2 unspecified atom stereocenters. The number of rotatable bonds is 6. The molecule has 1 heterocycles. The summed E-state index contributed by atoms with van der Waals surface area (Å²) in [7, 11) is 0. The zero-order valence-corrected chi connectivity index (χ0v) is 13.3. The average molecular weight is 305 g/mol. The largest absolute Gasteiger partial charge is 0.396 e. The highest BCUT2D eigenvalue weighted by Gasteiger charge is 2.21.